The molecule has 1 amide bonds. The van der Waals surface area contributed by atoms with Gasteiger partial charge in [-0.1, -0.05) is 0 Å². The van der Waals surface area contributed by atoms with Crippen molar-refractivity contribution in [3.63, 3.8) is 0 Å². The van der Waals surface area contributed by atoms with Gasteiger partial charge in [0, 0.05) is 12.0 Å². The molecule has 5 heteroatoms. The zero-order chi connectivity index (χ0) is 10.0. The van der Waals surface area contributed by atoms with Crippen molar-refractivity contribution in [2.45, 2.75) is 38.8 Å². The molecular formula is C8H13F2NO2. The highest BCUT2D eigenvalue weighted by molar-refractivity contribution is 5.68. The molecule has 1 fully saturated rings. The van der Waals surface area contributed by atoms with Crippen LogP contribution in [0.4, 0.5) is 13.6 Å². The zero-order valence-corrected chi connectivity index (χ0v) is 7.59. The Kier molecular flexibility index (Phi) is 3.06. The number of rotatable bonds is 3. The molecule has 0 spiro atoms. The van der Waals surface area contributed by atoms with E-state index in [1.165, 1.54) is 0 Å². The second-order valence-corrected chi connectivity index (χ2v) is 3.44. The SMILES string of the molecule is CC(C)OC(=O)N[C@H]1C[C@@H]1C(F)F. The first-order valence-electron chi connectivity index (χ1n) is 4.26. The molecule has 0 aromatic heterocycles. The second kappa shape index (κ2) is 3.89. The van der Waals surface area contributed by atoms with Crippen LogP contribution in [-0.4, -0.2) is 24.7 Å². The third kappa shape index (κ3) is 3.16. The summed E-state index contributed by atoms with van der Waals surface area (Å²) in [5, 5.41) is 2.38. The molecule has 0 heterocycles. The normalized spacial score (nSPS) is 26.3. The van der Waals surface area contributed by atoms with Gasteiger partial charge in [0.2, 0.25) is 6.43 Å². The maximum Gasteiger partial charge on any atom is 0.407 e. The van der Waals surface area contributed by atoms with Crippen LogP contribution in [0.15, 0.2) is 0 Å². The molecule has 0 unspecified atom stereocenters. The molecule has 1 aliphatic rings. The van der Waals surface area contributed by atoms with Crippen molar-refractivity contribution in [1.29, 1.82) is 0 Å². The Hall–Kier alpha value is -0.870. The molecular weight excluding hydrogens is 180 g/mol. The number of hydrogen-bond acceptors (Lipinski definition) is 2. The summed E-state index contributed by atoms with van der Waals surface area (Å²) in [6.07, 6.45) is -2.82. The van der Waals surface area contributed by atoms with Crippen LogP contribution in [0.2, 0.25) is 0 Å². The Balaban J connectivity index is 2.17. The average Bonchev–Trinajstić information content (AvgIpc) is 2.64. The molecule has 0 aliphatic heterocycles. The summed E-state index contributed by atoms with van der Waals surface area (Å²) < 4.78 is 28.7. The largest absolute Gasteiger partial charge is 0.447 e. The summed E-state index contributed by atoms with van der Waals surface area (Å²) in [6, 6.07) is -0.397. The zero-order valence-electron chi connectivity index (χ0n) is 7.59. The van der Waals surface area contributed by atoms with E-state index in [4.69, 9.17) is 4.74 Å². The van der Waals surface area contributed by atoms with Crippen LogP contribution in [0.3, 0.4) is 0 Å². The lowest BCUT2D eigenvalue weighted by atomic mass is 10.4. The number of nitrogens with one attached hydrogen (secondary N) is 1. The highest BCUT2D eigenvalue weighted by Crippen LogP contribution is 2.35. The average molecular weight is 193 g/mol. The number of amides is 1. The van der Waals surface area contributed by atoms with Crippen LogP contribution < -0.4 is 5.32 Å². The van der Waals surface area contributed by atoms with E-state index < -0.39 is 24.5 Å². The molecule has 2 atom stereocenters. The molecule has 1 aliphatic carbocycles. The Bertz CT molecular complexity index is 197. The van der Waals surface area contributed by atoms with Gasteiger partial charge in [-0.05, 0) is 20.3 Å². The van der Waals surface area contributed by atoms with Gasteiger partial charge in [-0.3, -0.25) is 0 Å². The van der Waals surface area contributed by atoms with Crippen molar-refractivity contribution in [1.82, 2.24) is 5.32 Å². The summed E-state index contributed by atoms with van der Waals surface area (Å²) in [6.45, 7) is 3.41. The Morgan fingerprint density at radius 1 is 1.54 bits per heavy atom. The van der Waals surface area contributed by atoms with E-state index >= 15 is 0 Å². The van der Waals surface area contributed by atoms with Crippen molar-refractivity contribution in [3.05, 3.63) is 0 Å². The van der Waals surface area contributed by atoms with E-state index in [1.807, 2.05) is 0 Å². The van der Waals surface area contributed by atoms with Crippen LogP contribution >= 0.6 is 0 Å². The van der Waals surface area contributed by atoms with E-state index in [9.17, 15) is 13.6 Å². The van der Waals surface area contributed by atoms with Gasteiger partial charge in [-0.15, -0.1) is 0 Å². The van der Waals surface area contributed by atoms with Crippen LogP contribution in [0.25, 0.3) is 0 Å². The molecule has 1 saturated carbocycles. The monoisotopic (exact) mass is 193 g/mol. The number of ether oxygens (including phenoxy) is 1. The van der Waals surface area contributed by atoms with Crippen molar-refractivity contribution in [2.24, 2.45) is 5.92 Å². The molecule has 1 N–H and O–H groups in total. The fourth-order valence-corrected chi connectivity index (χ4v) is 1.06. The van der Waals surface area contributed by atoms with Gasteiger partial charge >= 0.3 is 6.09 Å². The summed E-state index contributed by atoms with van der Waals surface area (Å²) in [5.41, 5.74) is 0. The Labute approximate surface area is 75.4 Å². The number of halogens is 2. The standard InChI is InChI=1S/C8H13F2NO2/c1-4(2)13-8(12)11-6-3-5(6)7(9)10/h4-7H,3H2,1-2H3,(H,11,12)/t5-,6-/m0/s1. The fourth-order valence-electron chi connectivity index (χ4n) is 1.06. The van der Waals surface area contributed by atoms with Crippen LogP contribution in [-0.2, 0) is 4.74 Å². The molecule has 0 radical (unpaired) electrons. The highest BCUT2D eigenvalue weighted by atomic mass is 19.3. The topological polar surface area (TPSA) is 38.3 Å². The Morgan fingerprint density at radius 2 is 2.15 bits per heavy atom. The third-order valence-corrected chi connectivity index (χ3v) is 1.81. The molecule has 0 saturated heterocycles. The van der Waals surface area contributed by atoms with Crippen LogP contribution in [0.1, 0.15) is 20.3 Å². The first-order chi connectivity index (χ1) is 6.00. The molecule has 0 bridgehead atoms. The van der Waals surface area contributed by atoms with Gasteiger partial charge in [-0.2, -0.15) is 0 Å². The van der Waals surface area contributed by atoms with E-state index in [-0.39, 0.29) is 6.10 Å². The van der Waals surface area contributed by atoms with Crippen molar-refractivity contribution < 1.29 is 18.3 Å². The maximum atomic E-state index is 12.0. The van der Waals surface area contributed by atoms with Gasteiger partial charge in [-0.25, -0.2) is 13.6 Å². The minimum Gasteiger partial charge on any atom is -0.447 e. The van der Waals surface area contributed by atoms with E-state index in [2.05, 4.69) is 5.32 Å². The summed E-state index contributed by atoms with van der Waals surface area (Å²) in [5.74, 6) is -0.681. The van der Waals surface area contributed by atoms with E-state index in [0.29, 0.717) is 6.42 Å². The first kappa shape index (κ1) is 10.2. The fraction of sp³-hybridized carbons (Fsp3) is 0.875. The summed E-state index contributed by atoms with van der Waals surface area (Å²) >= 11 is 0. The quantitative estimate of drug-likeness (QED) is 0.741. The van der Waals surface area contributed by atoms with Gasteiger partial charge in [0.1, 0.15) is 0 Å². The predicted molar refractivity (Wildman–Crippen MR) is 42.7 cm³/mol. The van der Waals surface area contributed by atoms with Crippen LogP contribution in [0, 0.1) is 5.92 Å². The van der Waals surface area contributed by atoms with E-state index in [1.54, 1.807) is 13.8 Å². The highest BCUT2D eigenvalue weighted by Gasteiger charge is 2.45. The molecule has 0 aromatic rings. The van der Waals surface area contributed by atoms with Gasteiger partial charge in [0.15, 0.2) is 0 Å². The smallest absolute Gasteiger partial charge is 0.407 e. The number of alkyl halides is 2. The van der Waals surface area contributed by atoms with Crippen molar-refractivity contribution >= 4 is 6.09 Å². The number of hydrogen-bond donors (Lipinski definition) is 1. The van der Waals surface area contributed by atoms with Gasteiger partial charge in [0.05, 0.1) is 6.10 Å². The van der Waals surface area contributed by atoms with Crippen LogP contribution in [0.5, 0.6) is 0 Å². The molecule has 1 rings (SSSR count). The lowest BCUT2D eigenvalue weighted by molar-refractivity contribution is 0.105. The minimum atomic E-state index is -2.34. The number of alkyl carbamates (subject to hydrolysis) is 1. The first-order valence-corrected chi connectivity index (χ1v) is 4.26. The third-order valence-electron chi connectivity index (χ3n) is 1.81. The lowest BCUT2D eigenvalue weighted by Gasteiger charge is -2.08. The molecule has 13 heavy (non-hydrogen) atoms. The lowest BCUT2D eigenvalue weighted by Crippen LogP contribution is -2.30. The molecule has 0 aromatic carbocycles. The molecule has 3 nitrogen and oxygen atoms in total. The van der Waals surface area contributed by atoms with Crippen molar-refractivity contribution in [2.75, 3.05) is 0 Å². The summed E-state index contributed by atoms with van der Waals surface area (Å²) in [4.78, 5) is 10.9. The van der Waals surface area contributed by atoms with Crippen molar-refractivity contribution in [3.8, 4) is 0 Å². The van der Waals surface area contributed by atoms with Gasteiger partial charge in [0.25, 0.3) is 0 Å². The summed E-state index contributed by atoms with van der Waals surface area (Å²) in [7, 11) is 0. The maximum absolute atomic E-state index is 12.0. The molecule has 76 valence electrons. The Morgan fingerprint density at radius 3 is 2.54 bits per heavy atom. The van der Waals surface area contributed by atoms with E-state index in [0.717, 1.165) is 0 Å². The number of carbonyl (C=O) groups excluding carboxylic acids is 1. The minimum absolute atomic E-state index is 0.219. The van der Waals surface area contributed by atoms with Gasteiger partial charge < -0.3 is 10.1 Å². The number of carbonyl (C=O) groups is 1. The predicted octanol–water partition coefficient (Wildman–Crippen LogP) is 1.77. The second-order valence-electron chi connectivity index (χ2n) is 3.44.